The average molecular weight is 327 g/mol. The predicted molar refractivity (Wildman–Crippen MR) is 88.3 cm³/mol. The Bertz CT molecular complexity index is 806. The van der Waals surface area contributed by atoms with E-state index in [1.165, 1.54) is 0 Å². The van der Waals surface area contributed by atoms with Crippen LogP contribution in [0.2, 0.25) is 0 Å². The van der Waals surface area contributed by atoms with Crippen molar-refractivity contribution in [3.05, 3.63) is 46.9 Å². The Morgan fingerprint density at radius 3 is 2.83 bits per heavy atom. The van der Waals surface area contributed by atoms with Crippen LogP contribution >= 0.6 is 0 Å². The van der Waals surface area contributed by atoms with Gasteiger partial charge in [0, 0.05) is 17.5 Å². The van der Waals surface area contributed by atoms with Gasteiger partial charge in [-0.25, -0.2) is 0 Å². The minimum Gasteiger partial charge on any atom is -0.466 e. The zero-order valence-corrected chi connectivity index (χ0v) is 14.1. The first-order valence-electron chi connectivity index (χ1n) is 8.21. The number of furan rings is 1. The third-order valence-corrected chi connectivity index (χ3v) is 4.68. The van der Waals surface area contributed by atoms with Crippen LogP contribution < -0.4 is 14.8 Å². The van der Waals surface area contributed by atoms with Crippen molar-refractivity contribution in [2.24, 2.45) is 5.41 Å². The minimum absolute atomic E-state index is 0.0425. The molecule has 1 amide bonds. The van der Waals surface area contributed by atoms with Gasteiger partial charge in [-0.3, -0.25) is 4.79 Å². The summed E-state index contributed by atoms with van der Waals surface area (Å²) in [4.78, 5) is 12.7. The lowest BCUT2D eigenvalue weighted by Crippen LogP contribution is -2.36. The summed E-state index contributed by atoms with van der Waals surface area (Å²) in [5.74, 6) is 3.06. The van der Waals surface area contributed by atoms with E-state index in [-0.39, 0.29) is 24.2 Å². The second kappa shape index (κ2) is 5.30. The van der Waals surface area contributed by atoms with Crippen molar-refractivity contribution < 1.29 is 18.7 Å². The fourth-order valence-electron chi connectivity index (χ4n) is 3.59. The smallest absolute Gasteiger partial charge is 0.251 e. The molecule has 0 unspecified atom stereocenters. The number of fused-ring (bicyclic) bond motifs is 2. The highest BCUT2D eigenvalue weighted by Gasteiger charge is 2.35. The van der Waals surface area contributed by atoms with E-state index in [0.717, 1.165) is 29.9 Å². The molecule has 1 atom stereocenters. The number of carbonyl (C=O) groups is 1. The number of carbonyl (C=O) groups excluding carboxylic acids is 1. The highest BCUT2D eigenvalue weighted by molar-refractivity contribution is 5.95. The van der Waals surface area contributed by atoms with Gasteiger partial charge in [0.05, 0.1) is 6.04 Å². The Morgan fingerprint density at radius 1 is 1.21 bits per heavy atom. The van der Waals surface area contributed by atoms with Crippen LogP contribution in [0.15, 0.2) is 28.7 Å². The molecule has 0 saturated carbocycles. The largest absolute Gasteiger partial charge is 0.466 e. The molecular weight excluding hydrogens is 306 g/mol. The van der Waals surface area contributed by atoms with E-state index in [4.69, 9.17) is 13.9 Å². The first-order chi connectivity index (χ1) is 11.4. The van der Waals surface area contributed by atoms with Crippen molar-refractivity contribution >= 4 is 5.91 Å². The second-order valence-corrected chi connectivity index (χ2v) is 7.37. The van der Waals surface area contributed by atoms with E-state index in [9.17, 15) is 4.79 Å². The van der Waals surface area contributed by atoms with Gasteiger partial charge in [0.25, 0.3) is 5.91 Å². The number of nitrogens with one attached hydrogen (secondary N) is 1. The quantitative estimate of drug-likeness (QED) is 0.912. The molecule has 1 N–H and O–H groups in total. The molecule has 1 aromatic carbocycles. The number of hydrogen-bond donors (Lipinski definition) is 1. The standard InChI is InChI=1S/C19H21NO4/c1-11-6-13-14(8-19(2,3)9-17(13)24-11)20-18(21)12-4-5-15-16(7-12)23-10-22-15/h4-7,14H,8-10H2,1-3H3,(H,20,21)/t14-/m1/s1. The maximum Gasteiger partial charge on any atom is 0.251 e. The van der Waals surface area contributed by atoms with Gasteiger partial charge in [0.2, 0.25) is 6.79 Å². The summed E-state index contributed by atoms with van der Waals surface area (Å²) in [6.07, 6.45) is 1.78. The number of amides is 1. The summed E-state index contributed by atoms with van der Waals surface area (Å²) in [7, 11) is 0. The van der Waals surface area contributed by atoms with Crippen molar-refractivity contribution in [3.63, 3.8) is 0 Å². The predicted octanol–water partition coefficient (Wildman–Crippen LogP) is 3.76. The zero-order chi connectivity index (χ0) is 16.9. The monoisotopic (exact) mass is 327 g/mol. The van der Waals surface area contributed by atoms with E-state index in [0.29, 0.717) is 17.1 Å². The van der Waals surface area contributed by atoms with Crippen molar-refractivity contribution in [1.29, 1.82) is 0 Å². The van der Waals surface area contributed by atoms with Crippen molar-refractivity contribution in [3.8, 4) is 11.5 Å². The maximum atomic E-state index is 12.7. The first kappa shape index (κ1) is 15.1. The molecule has 24 heavy (non-hydrogen) atoms. The van der Waals surface area contributed by atoms with E-state index < -0.39 is 0 Å². The van der Waals surface area contributed by atoms with E-state index in [1.807, 2.05) is 13.0 Å². The summed E-state index contributed by atoms with van der Waals surface area (Å²) in [6, 6.07) is 7.26. The summed E-state index contributed by atoms with van der Waals surface area (Å²) in [5, 5.41) is 3.16. The van der Waals surface area contributed by atoms with Gasteiger partial charge in [0.15, 0.2) is 11.5 Å². The molecule has 2 aliphatic rings. The molecule has 2 heterocycles. The molecule has 0 saturated heterocycles. The van der Waals surface area contributed by atoms with E-state index in [1.54, 1.807) is 18.2 Å². The Hall–Kier alpha value is -2.43. The molecule has 4 rings (SSSR count). The van der Waals surface area contributed by atoms with Crippen LogP contribution in [0.3, 0.4) is 0 Å². The van der Waals surface area contributed by atoms with Crippen molar-refractivity contribution in [2.75, 3.05) is 6.79 Å². The van der Waals surface area contributed by atoms with Gasteiger partial charge in [-0.15, -0.1) is 0 Å². The zero-order valence-electron chi connectivity index (χ0n) is 14.1. The second-order valence-electron chi connectivity index (χ2n) is 7.37. The number of aryl methyl sites for hydroxylation is 1. The highest BCUT2D eigenvalue weighted by Crippen LogP contribution is 2.42. The van der Waals surface area contributed by atoms with E-state index >= 15 is 0 Å². The molecule has 1 aliphatic heterocycles. The average Bonchev–Trinajstić information content (AvgIpc) is 3.10. The van der Waals surface area contributed by atoms with Crippen molar-refractivity contribution in [2.45, 2.75) is 39.7 Å². The maximum absolute atomic E-state index is 12.7. The lowest BCUT2D eigenvalue weighted by atomic mass is 9.74. The lowest BCUT2D eigenvalue weighted by Gasteiger charge is -2.34. The summed E-state index contributed by atoms with van der Waals surface area (Å²) in [6.45, 7) is 6.55. The number of rotatable bonds is 2. The van der Waals surface area contributed by atoms with Gasteiger partial charge < -0.3 is 19.2 Å². The normalized spacial score (nSPS) is 20.5. The Kier molecular flexibility index (Phi) is 3.34. The molecule has 1 aromatic heterocycles. The van der Waals surface area contributed by atoms with Crippen LogP contribution in [-0.2, 0) is 6.42 Å². The topological polar surface area (TPSA) is 60.7 Å². The van der Waals surface area contributed by atoms with Crippen molar-refractivity contribution in [1.82, 2.24) is 5.32 Å². The SMILES string of the molecule is Cc1cc2c(o1)CC(C)(C)C[C@H]2NC(=O)c1ccc2c(c1)OCO2. The molecular formula is C19H21NO4. The Balaban J connectivity index is 1.59. The third kappa shape index (κ3) is 2.64. The van der Waals surface area contributed by atoms with Gasteiger partial charge in [-0.05, 0) is 43.0 Å². The van der Waals surface area contributed by atoms with Crippen LogP contribution in [-0.4, -0.2) is 12.7 Å². The van der Waals surface area contributed by atoms with Gasteiger partial charge >= 0.3 is 0 Å². The molecule has 2 aromatic rings. The highest BCUT2D eigenvalue weighted by atomic mass is 16.7. The fraction of sp³-hybridized carbons (Fsp3) is 0.421. The molecule has 0 fully saturated rings. The summed E-state index contributed by atoms with van der Waals surface area (Å²) in [5.41, 5.74) is 1.76. The minimum atomic E-state index is -0.110. The molecule has 126 valence electrons. The Labute approximate surface area is 140 Å². The Morgan fingerprint density at radius 2 is 2.00 bits per heavy atom. The molecule has 0 bridgehead atoms. The van der Waals surface area contributed by atoms with Crippen LogP contribution in [0.1, 0.15) is 53.8 Å². The summed E-state index contributed by atoms with van der Waals surface area (Å²) >= 11 is 0. The lowest BCUT2D eigenvalue weighted by molar-refractivity contribution is 0.0917. The van der Waals surface area contributed by atoms with Gasteiger partial charge in [-0.2, -0.15) is 0 Å². The molecule has 1 aliphatic carbocycles. The fourth-order valence-corrected chi connectivity index (χ4v) is 3.59. The first-order valence-corrected chi connectivity index (χ1v) is 8.21. The van der Waals surface area contributed by atoms with Crippen LogP contribution in [0, 0.1) is 12.3 Å². The summed E-state index contributed by atoms with van der Waals surface area (Å²) < 4.78 is 16.5. The molecule has 0 radical (unpaired) electrons. The van der Waals surface area contributed by atoms with Crippen LogP contribution in [0.4, 0.5) is 0 Å². The number of ether oxygens (including phenoxy) is 2. The van der Waals surface area contributed by atoms with Gasteiger partial charge in [0.1, 0.15) is 11.5 Å². The van der Waals surface area contributed by atoms with E-state index in [2.05, 4.69) is 19.2 Å². The molecule has 5 heteroatoms. The molecule has 0 spiro atoms. The number of hydrogen-bond acceptors (Lipinski definition) is 4. The van der Waals surface area contributed by atoms with Crippen LogP contribution in [0.25, 0.3) is 0 Å². The molecule has 5 nitrogen and oxygen atoms in total. The third-order valence-electron chi connectivity index (χ3n) is 4.68. The van der Waals surface area contributed by atoms with Gasteiger partial charge in [-0.1, -0.05) is 13.8 Å². The number of benzene rings is 1. The van der Waals surface area contributed by atoms with Crippen LogP contribution in [0.5, 0.6) is 11.5 Å².